The van der Waals surface area contributed by atoms with Crippen molar-refractivity contribution in [3.8, 4) is 11.5 Å². The zero-order valence-corrected chi connectivity index (χ0v) is 17.8. The number of nitrogens with zero attached hydrogens (tertiary/aromatic N) is 3. The van der Waals surface area contributed by atoms with E-state index in [9.17, 15) is 4.79 Å². The Kier molecular flexibility index (Phi) is 5.80. The molecule has 2 heterocycles. The average molecular weight is 412 g/mol. The summed E-state index contributed by atoms with van der Waals surface area (Å²) in [5.41, 5.74) is 4.90. The zero-order valence-electron chi connectivity index (χ0n) is 17.8. The Morgan fingerprint density at radius 1 is 1.03 bits per heavy atom. The fourth-order valence-corrected chi connectivity index (χ4v) is 3.51. The van der Waals surface area contributed by atoms with Crippen molar-refractivity contribution in [2.24, 2.45) is 0 Å². The number of rotatable bonds is 6. The normalized spacial score (nSPS) is 10.7. The molecule has 0 saturated carbocycles. The van der Waals surface area contributed by atoms with Crippen LogP contribution in [0.1, 0.15) is 32.9 Å². The molecular formula is C25H24N4O2. The van der Waals surface area contributed by atoms with Crippen molar-refractivity contribution < 1.29 is 9.53 Å². The molecule has 0 aliphatic rings. The van der Waals surface area contributed by atoms with E-state index in [2.05, 4.69) is 15.4 Å². The van der Waals surface area contributed by atoms with Gasteiger partial charge in [0, 0.05) is 17.6 Å². The summed E-state index contributed by atoms with van der Waals surface area (Å²) in [5.74, 6) is 1.21. The van der Waals surface area contributed by atoms with Gasteiger partial charge in [-0.1, -0.05) is 30.3 Å². The summed E-state index contributed by atoms with van der Waals surface area (Å²) in [6.45, 7) is 6.35. The maximum absolute atomic E-state index is 13.0. The lowest BCUT2D eigenvalue weighted by atomic mass is 10.1. The highest BCUT2D eigenvalue weighted by Gasteiger charge is 2.19. The van der Waals surface area contributed by atoms with Gasteiger partial charge in [0.15, 0.2) is 0 Å². The monoisotopic (exact) mass is 412 g/mol. The predicted octanol–water partition coefficient (Wildman–Crippen LogP) is 5.30. The predicted molar refractivity (Wildman–Crippen MR) is 121 cm³/mol. The number of carbonyl (C=O) groups excluding carboxylic acids is 1. The first-order valence-electron chi connectivity index (χ1n) is 10.1. The van der Waals surface area contributed by atoms with Crippen LogP contribution in [-0.4, -0.2) is 20.7 Å². The van der Waals surface area contributed by atoms with Crippen molar-refractivity contribution in [1.29, 1.82) is 0 Å². The first-order chi connectivity index (χ1) is 15.0. The molecule has 0 aliphatic heterocycles. The van der Waals surface area contributed by atoms with E-state index in [1.54, 1.807) is 12.4 Å². The molecule has 0 aliphatic carbocycles. The van der Waals surface area contributed by atoms with Gasteiger partial charge in [0.25, 0.3) is 5.91 Å². The molecule has 1 amide bonds. The first kappa shape index (κ1) is 20.3. The van der Waals surface area contributed by atoms with Crippen LogP contribution in [-0.2, 0) is 6.54 Å². The lowest BCUT2D eigenvalue weighted by Crippen LogP contribution is -2.14. The van der Waals surface area contributed by atoms with Crippen LogP contribution in [0.15, 0.2) is 73.1 Å². The van der Waals surface area contributed by atoms with Crippen molar-refractivity contribution in [2.75, 3.05) is 5.32 Å². The molecule has 2 aromatic carbocycles. The highest BCUT2D eigenvalue weighted by molar-refractivity contribution is 6.05. The minimum absolute atomic E-state index is 0.172. The van der Waals surface area contributed by atoms with Gasteiger partial charge in [0.1, 0.15) is 11.5 Å². The van der Waals surface area contributed by atoms with Crippen LogP contribution < -0.4 is 10.1 Å². The Morgan fingerprint density at radius 3 is 2.55 bits per heavy atom. The third-order valence-electron chi connectivity index (χ3n) is 5.08. The molecule has 4 rings (SSSR count). The second-order valence-corrected chi connectivity index (χ2v) is 7.41. The van der Waals surface area contributed by atoms with Crippen LogP contribution >= 0.6 is 0 Å². The van der Waals surface area contributed by atoms with E-state index in [-0.39, 0.29) is 5.91 Å². The lowest BCUT2D eigenvalue weighted by molar-refractivity contribution is 0.102. The largest absolute Gasteiger partial charge is 0.455 e. The molecule has 0 radical (unpaired) electrons. The number of nitrogens with one attached hydrogen (secondary N) is 1. The number of aromatic nitrogens is 3. The molecule has 4 aromatic rings. The van der Waals surface area contributed by atoms with E-state index in [0.29, 0.717) is 35.0 Å². The fourth-order valence-electron chi connectivity index (χ4n) is 3.51. The first-order valence-corrected chi connectivity index (χ1v) is 10.1. The second-order valence-electron chi connectivity index (χ2n) is 7.41. The Bertz CT molecular complexity index is 1200. The number of pyridine rings is 1. The summed E-state index contributed by atoms with van der Waals surface area (Å²) in [7, 11) is 0. The standard InChI is InChI=1S/C25H24N4O2/c1-17-14-21(11-12-23(17)31-22-10-7-13-26-15-22)27-25(30)24-18(2)28-29(19(24)3)16-20-8-5-4-6-9-20/h4-15H,16H2,1-3H3,(H,27,30). The molecule has 6 nitrogen and oxygen atoms in total. The van der Waals surface area contributed by atoms with Gasteiger partial charge in [0.2, 0.25) is 0 Å². The zero-order chi connectivity index (χ0) is 21.8. The summed E-state index contributed by atoms with van der Waals surface area (Å²) in [5, 5.41) is 7.57. The minimum atomic E-state index is -0.172. The Morgan fingerprint density at radius 2 is 1.84 bits per heavy atom. The SMILES string of the molecule is Cc1cc(NC(=O)c2c(C)nn(Cc3ccccc3)c2C)ccc1Oc1cccnc1. The summed E-state index contributed by atoms with van der Waals surface area (Å²) in [6.07, 6.45) is 3.36. The maximum atomic E-state index is 13.0. The quantitative estimate of drug-likeness (QED) is 0.467. The van der Waals surface area contributed by atoms with Gasteiger partial charge in [-0.3, -0.25) is 14.5 Å². The molecule has 31 heavy (non-hydrogen) atoms. The van der Waals surface area contributed by atoms with E-state index in [0.717, 1.165) is 16.8 Å². The Hall–Kier alpha value is -3.93. The number of carbonyl (C=O) groups is 1. The molecule has 0 saturated heterocycles. The van der Waals surface area contributed by atoms with Crippen molar-refractivity contribution in [2.45, 2.75) is 27.3 Å². The van der Waals surface area contributed by atoms with Gasteiger partial charge in [-0.15, -0.1) is 0 Å². The minimum Gasteiger partial charge on any atom is -0.455 e. The molecule has 1 N–H and O–H groups in total. The number of benzene rings is 2. The number of ether oxygens (including phenoxy) is 1. The van der Waals surface area contributed by atoms with Crippen molar-refractivity contribution >= 4 is 11.6 Å². The summed E-state index contributed by atoms with van der Waals surface area (Å²) >= 11 is 0. The summed E-state index contributed by atoms with van der Waals surface area (Å²) < 4.78 is 7.73. The molecule has 0 atom stereocenters. The van der Waals surface area contributed by atoms with Crippen LogP contribution in [0.5, 0.6) is 11.5 Å². The molecule has 2 aromatic heterocycles. The van der Waals surface area contributed by atoms with Crippen molar-refractivity contribution in [3.63, 3.8) is 0 Å². The number of aryl methyl sites for hydroxylation is 2. The molecule has 0 bridgehead atoms. The lowest BCUT2D eigenvalue weighted by Gasteiger charge is -2.11. The summed E-state index contributed by atoms with van der Waals surface area (Å²) in [4.78, 5) is 17.1. The third kappa shape index (κ3) is 4.64. The summed E-state index contributed by atoms with van der Waals surface area (Å²) in [6, 6.07) is 19.3. The highest BCUT2D eigenvalue weighted by Crippen LogP contribution is 2.27. The maximum Gasteiger partial charge on any atom is 0.259 e. The number of anilines is 1. The molecule has 156 valence electrons. The van der Waals surface area contributed by atoms with E-state index in [4.69, 9.17) is 4.74 Å². The number of amides is 1. The van der Waals surface area contributed by atoms with Gasteiger partial charge in [-0.2, -0.15) is 5.10 Å². The van der Waals surface area contributed by atoms with Crippen LogP contribution in [0.2, 0.25) is 0 Å². The van der Waals surface area contributed by atoms with Crippen molar-refractivity contribution in [3.05, 3.63) is 101 Å². The Balaban J connectivity index is 1.50. The van der Waals surface area contributed by atoms with Crippen LogP contribution in [0.25, 0.3) is 0 Å². The van der Waals surface area contributed by atoms with Gasteiger partial charge in [-0.05, 0) is 62.2 Å². The van der Waals surface area contributed by atoms with Gasteiger partial charge in [0.05, 0.1) is 24.0 Å². The van der Waals surface area contributed by atoms with Gasteiger partial charge in [-0.25, -0.2) is 0 Å². The second kappa shape index (κ2) is 8.83. The highest BCUT2D eigenvalue weighted by atomic mass is 16.5. The topological polar surface area (TPSA) is 69.0 Å². The van der Waals surface area contributed by atoms with Crippen LogP contribution in [0.3, 0.4) is 0 Å². The average Bonchev–Trinajstić information content (AvgIpc) is 3.04. The number of hydrogen-bond donors (Lipinski definition) is 1. The van der Waals surface area contributed by atoms with Crippen LogP contribution in [0, 0.1) is 20.8 Å². The molecular weight excluding hydrogens is 388 g/mol. The Labute approximate surface area is 181 Å². The van der Waals surface area contributed by atoms with Crippen LogP contribution in [0.4, 0.5) is 5.69 Å². The molecule has 0 fully saturated rings. The van der Waals surface area contributed by atoms with Crippen molar-refractivity contribution in [1.82, 2.24) is 14.8 Å². The van der Waals surface area contributed by atoms with E-state index in [1.165, 1.54) is 0 Å². The fraction of sp³-hybridized carbons (Fsp3) is 0.160. The molecule has 6 heteroatoms. The van der Waals surface area contributed by atoms with Gasteiger partial charge < -0.3 is 10.1 Å². The van der Waals surface area contributed by atoms with E-state index >= 15 is 0 Å². The third-order valence-corrected chi connectivity index (χ3v) is 5.08. The van der Waals surface area contributed by atoms with E-state index in [1.807, 2.05) is 86.1 Å². The molecule has 0 unspecified atom stereocenters. The molecule has 0 spiro atoms. The van der Waals surface area contributed by atoms with E-state index < -0.39 is 0 Å². The number of hydrogen-bond acceptors (Lipinski definition) is 4. The smallest absolute Gasteiger partial charge is 0.259 e. The van der Waals surface area contributed by atoms with Gasteiger partial charge >= 0.3 is 0 Å².